The number of hydrogen-bond donors (Lipinski definition) is 2. The first-order chi connectivity index (χ1) is 13.7. The molecule has 2 aromatic carbocycles. The molecule has 0 unspecified atom stereocenters. The van der Waals surface area contributed by atoms with Crippen LogP contribution in [0.2, 0.25) is 5.02 Å². The van der Waals surface area contributed by atoms with Gasteiger partial charge in [0.15, 0.2) is 10.4 Å². The Morgan fingerprint density at radius 1 is 1.03 bits per heavy atom. The maximum Gasteiger partial charge on any atom is 0.291 e. The van der Waals surface area contributed by atoms with Gasteiger partial charge in [0.2, 0.25) is 0 Å². The number of furan rings is 1. The molecule has 1 heterocycles. The predicted octanol–water partition coefficient (Wildman–Crippen LogP) is 4.65. The van der Waals surface area contributed by atoms with Crippen molar-refractivity contribution in [1.82, 2.24) is 4.83 Å². The summed E-state index contributed by atoms with van der Waals surface area (Å²) in [4.78, 5) is 14.3. The van der Waals surface area contributed by atoms with Gasteiger partial charge in [-0.1, -0.05) is 23.7 Å². The average Bonchev–Trinajstić information content (AvgIpc) is 3.14. The lowest BCUT2D eigenvalue weighted by Gasteiger charge is -2.07. The SMILES string of the molecule is C/C(=N\NS(=O)(=O)c1ccc(Cl)cc1)c1ccc(NC(=O)c2ccc(Br)o2)cc1. The number of carbonyl (C=O) groups excluding carboxylic acids is 1. The highest BCUT2D eigenvalue weighted by atomic mass is 79.9. The van der Waals surface area contributed by atoms with E-state index in [0.717, 1.165) is 0 Å². The molecule has 0 saturated heterocycles. The highest BCUT2D eigenvalue weighted by Gasteiger charge is 2.13. The standard InChI is InChI=1S/C19H15BrClN3O4S/c1-12(23-24-29(26,27)16-8-4-14(21)5-9-16)13-2-6-15(7-3-13)22-19(25)17-10-11-18(20)28-17/h2-11,24H,1H3,(H,22,25)/b23-12+. The van der Waals surface area contributed by atoms with Gasteiger partial charge in [0, 0.05) is 10.7 Å². The largest absolute Gasteiger partial charge is 0.444 e. The number of benzene rings is 2. The topological polar surface area (TPSA) is 101 Å². The van der Waals surface area contributed by atoms with E-state index in [0.29, 0.717) is 26.7 Å². The normalized spacial score (nSPS) is 11.9. The fourth-order valence-corrected chi connectivity index (χ4v) is 3.57. The summed E-state index contributed by atoms with van der Waals surface area (Å²) in [6.45, 7) is 1.67. The van der Waals surface area contributed by atoms with Crippen molar-refractivity contribution in [2.45, 2.75) is 11.8 Å². The van der Waals surface area contributed by atoms with Crippen LogP contribution in [0.3, 0.4) is 0 Å². The van der Waals surface area contributed by atoms with Crippen molar-refractivity contribution >= 4 is 54.9 Å². The van der Waals surface area contributed by atoms with Crippen LogP contribution in [0, 0.1) is 0 Å². The molecule has 0 aliphatic heterocycles. The maximum atomic E-state index is 12.3. The van der Waals surface area contributed by atoms with E-state index < -0.39 is 10.0 Å². The van der Waals surface area contributed by atoms with Gasteiger partial charge >= 0.3 is 0 Å². The summed E-state index contributed by atoms with van der Waals surface area (Å²) in [5.74, 6) is -0.208. The number of carbonyl (C=O) groups is 1. The molecule has 3 rings (SSSR count). The Morgan fingerprint density at radius 2 is 1.69 bits per heavy atom. The molecule has 0 bridgehead atoms. The second kappa shape index (κ2) is 8.81. The number of hydrogen-bond acceptors (Lipinski definition) is 5. The highest BCUT2D eigenvalue weighted by Crippen LogP contribution is 2.17. The fourth-order valence-electron chi connectivity index (χ4n) is 2.28. The van der Waals surface area contributed by atoms with Crippen LogP contribution in [-0.4, -0.2) is 20.0 Å². The Bertz CT molecular complexity index is 1160. The minimum Gasteiger partial charge on any atom is -0.444 e. The molecule has 0 aliphatic rings. The van der Waals surface area contributed by atoms with Crippen LogP contribution >= 0.6 is 27.5 Å². The first kappa shape index (κ1) is 21.1. The van der Waals surface area contributed by atoms with Crippen LogP contribution in [-0.2, 0) is 10.0 Å². The Morgan fingerprint density at radius 3 is 2.28 bits per heavy atom. The fraction of sp³-hybridized carbons (Fsp3) is 0.0526. The lowest BCUT2D eigenvalue weighted by molar-refractivity contribution is 0.0995. The molecule has 0 spiro atoms. The molecule has 29 heavy (non-hydrogen) atoms. The Balaban J connectivity index is 1.67. The minimum atomic E-state index is -3.80. The monoisotopic (exact) mass is 495 g/mol. The van der Waals surface area contributed by atoms with Gasteiger partial charge in [0.05, 0.1) is 10.6 Å². The summed E-state index contributed by atoms with van der Waals surface area (Å²) in [5, 5.41) is 7.09. The van der Waals surface area contributed by atoms with Crippen molar-refractivity contribution in [3.05, 3.63) is 81.7 Å². The van der Waals surface area contributed by atoms with Crippen LogP contribution in [0.1, 0.15) is 23.0 Å². The molecule has 0 radical (unpaired) electrons. The van der Waals surface area contributed by atoms with Crippen molar-refractivity contribution in [3.63, 3.8) is 0 Å². The van der Waals surface area contributed by atoms with Crippen LogP contribution in [0.4, 0.5) is 5.69 Å². The number of halogens is 2. The molecule has 3 aromatic rings. The van der Waals surface area contributed by atoms with Gasteiger partial charge in [-0.3, -0.25) is 4.79 Å². The molecule has 0 atom stereocenters. The van der Waals surface area contributed by atoms with Crippen molar-refractivity contribution in [1.29, 1.82) is 0 Å². The zero-order valence-electron chi connectivity index (χ0n) is 15.0. The van der Waals surface area contributed by atoms with Gasteiger partial charge in [-0.05, 0) is 76.9 Å². The summed E-state index contributed by atoms with van der Waals surface area (Å²) in [6, 6.07) is 15.7. The molecular formula is C19H15BrClN3O4S. The molecular weight excluding hydrogens is 482 g/mol. The molecule has 2 N–H and O–H groups in total. The molecule has 0 saturated carbocycles. The summed E-state index contributed by atoms with van der Waals surface area (Å²) < 4.78 is 30.2. The lowest BCUT2D eigenvalue weighted by atomic mass is 10.1. The van der Waals surface area contributed by atoms with Crippen molar-refractivity contribution in [2.75, 3.05) is 5.32 Å². The predicted molar refractivity (Wildman–Crippen MR) is 115 cm³/mol. The van der Waals surface area contributed by atoms with Crippen molar-refractivity contribution in [2.24, 2.45) is 5.10 Å². The second-order valence-corrected chi connectivity index (χ2v) is 8.76. The number of nitrogens with zero attached hydrogens (tertiary/aromatic N) is 1. The molecule has 0 fully saturated rings. The molecule has 7 nitrogen and oxygen atoms in total. The molecule has 0 aliphatic carbocycles. The summed E-state index contributed by atoms with van der Waals surface area (Å²) in [5.41, 5.74) is 1.69. The Labute approximate surface area is 180 Å². The van der Waals surface area contributed by atoms with E-state index in [9.17, 15) is 13.2 Å². The van der Waals surface area contributed by atoms with Crippen LogP contribution in [0.15, 0.2) is 79.7 Å². The third-order valence-electron chi connectivity index (χ3n) is 3.82. The Hall–Kier alpha value is -2.62. The number of amides is 1. The summed E-state index contributed by atoms with van der Waals surface area (Å²) in [7, 11) is -3.80. The average molecular weight is 497 g/mol. The van der Waals surface area contributed by atoms with E-state index in [-0.39, 0.29) is 16.6 Å². The number of hydrazone groups is 1. The molecule has 1 aromatic heterocycles. The van der Waals surface area contributed by atoms with Crippen LogP contribution in [0.25, 0.3) is 0 Å². The highest BCUT2D eigenvalue weighted by molar-refractivity contribution is 9.10. The number of nitrogens with one attached hydrogen (secondary N) is 2. The van der Waals surface area contributed by atoms with Gasteiger partial charge in [0.1, 0.15) is 0 Å². The van der Waals surface area contributed by atoms with Gasteiger partial charge in [-0.25, -0.2) is 0 Å². The quantitative estimate of drug-likeness (QED) is 0.383. The molecule has 150 valence electrons. The number of sulfonamides is 1. The van der Waals surface area contributed by atoms with Gasteiger partial charge in [0.25, 0.3) is 15.9 Å². The van der Waals surface area contributed by atoms with Crippen molar-refractivity contribution < 1.29 is 17.6 Å². The minimum absolute atomic E-state index is 0.0565. The molecule has 1 amide bonds. The van der Waals surface area contributed by atoms with E-state index in [1.807, 2.05) is 0 Å². The smallest absolute Gasteiger partial charge is 0.291 e. The lowest BCUT2D eigenvalue weighted by Crippen LogP contribution is -2.19. The third kappa shape index (κ3) is 5.47. The van der Waals surface area contributed by atoms with E-state index >= 15 is 0 Å². The van der Waals surface area contributed by atoms with Gasteiger partial charge in [-0.2, -0.15) is 18.4 Å². The summed E-state index contributed by atoms with van der Waals surface area (Å²) >= 11 is 8.92. The second-order valence-electron chi connectivity index (χ2n) is 5.88. The first-order valence-corrected chi connectivity index (χ1v) is 10.9. The van der Waals surface area contributed by atoms with Crippen molar-refractivity contribution in [3.8, 4) is 0 Å². The zero-order valence-corrected chi connectivity index (χ0v) is 18.2. The number of anilines is 1. The van der Waals surface area contributed by atoms with Gasteiger partial charge < -0.3 is 9.73 Å². The van der Waals surface area contributed by atoms with E-state index in [1.54, 1.807) is 43.3 Å². The van der Waals surface area contributed by atoms with Crippen LogP contribution < -0.4 is 10.1 Å². The first-order valence-electron chi connectivity index (χ1n) is 8.23. The van der Waals surface area contributed by atoms with E-state index in [2.05, 4.69) is 31.2 Å². The van der Waals surface area contributed by atoms with Gasteiger partial charge in [-0.15, -0.1) is 0 Å². The third-order valence-corrected chi connectivity index (χ3v) is 5.72. The Kier molecular flexibility index (Phi) is 6.41. The number of rotatable bonds is 6. The van der Waals surface area contributed by atoms with Crippen LogP contribution in [0.5, 0.6) is 0 Å². The maximum absolute atomic E-state index is 12.3. The molecule has 10 heteroatoms. The zero-order chi connectivity index (χ0) is 21.0. The van der Waals surface area contributed by atoms with E-state index in [1.165, 1.54) is 24.3 Å². The summed E-state index contributed by atoms with van der Waals surface area (Å²) in [6.07, 6.45) is 0. The van der Waals surface area contributed by atoms with E-state index in [4.69, 9.17) is 16.0 Å².